The van der Waals surface area contributed by atoms with E-state index in [2.05, 4.69) is 10.6 Å². The van der Waals surface area contributed by atoms with Crippen molar-refractivity contribution in [1.82, 2.24) is 10.6 Å². The Morgan fingerprint density at radius 3 is 2.29 bits per heavy atom. The number of primary amides is 1. The van der Waals surface area contributed by atoms with E-state index in [1.165, 1.54) is 0 Å². The Balaban J connectivity index is 3.15. The molecule has 0 spiro atoms. The fraction of sp³-hybridized carbons (Fsp3) is 0.750. The summed E-state index contributed by atoms with van der Waals surface area (Å²) in [6.07, 6.45) is -5.69. The van der Waals surface area contributed by atoms with Crippen molar-refractivity contribution in [3.63, 3.8) is 0 Å². The van der Waals surface area contributed by atoms with Crippen LogP contribution in [0.3, 0.4) is 0 Å². The van der Waals surface area contributed by atoms with Gasteiger partial charge in [0, 0.05) is 6.92 Å². The van der Waals surface area contributed by atoms with Gasteiger partial charge in [0.1, 0.15) is 30.4 Å². The number of hydrogen-bond donors (Lipinski definition) is 8. The molecule has 2 amide bonds. The van der Waals surface area contributed by atoms with E-state index in [1.807, 2.05) is 0 Å². The van der Waals surface area contributed by atoms with Crippen molar-refractivity contribution in [2.24, 2.45) is 5.73 Å². The number of ether oxygens (including phenoxy) is 1. The Morgan fingerprint density at radius 1 is 1.29 bits per heavy atom. The summed E-state index contributed by atoms with van der Waals surface area (Å²) in [4.78, 5) is 33.4. The summed E-state index contributed by atoms with van der Waals surface area (Å²) in [5.41, 5.74) is 4.93. The predicted molar refractivity (Wildman–Crippen MR) is 74.9 cm³/mol. The standard InChI is InChI=1S/C12H21N3O9/c1-4(17)14-10-9(20)8(19)6(3-16)24-12(10,23)15-5(11(21)22)2-7(13)18/h5-6,8-10,15-16,19-20,23H,2-3H2,1H3,(H2,13,18)(H,14,17)(H,21,22)/t5-,6+,8+,9-,10+,12?/m0/s1. The van der Waals surface area contributed by atoms with Gasteiger partial charge in [0.05, 0.1) is 13.0 Å². The van der Waals surface area contributed by atoms with Crippen LogP contribution in [0.15, 0.2) is 0 Å². The van der Waals surface area contributed by atoms with Crippen molar-refractivity contribution >= 4 is 17.8 Å². The van der Waals surface area contributed by atoms with E-state index < -0.39 is 67.1 Å². The highest BCUT2D eigenvalue weighted by molar-refractivity contribution is 5.83. The Bertz CT molecular complexity index is 502. The molecule has 1 saturated heterocycles. The molecule has 1 heterocycles. The molecule has 1 unspecified atom stereocenters. The summed E-state index contributed by atoms with van der Waals surface area (Å²) >= 11 is 0. The maximum atomic E-state index is 11.3. The summed E-state index contributed by atoms with van der Waals surface area (Å²) in [6.45, 7) is 0.234. The van der Waals surface area contributed by atoms with Crippen LogP contribution in [-0.2, 0) is 19.1 Å². The first-order chi connectivity index (χ1) is 11.0. The average Bonchev–Trinajstić information content (AvgIpc) is 2.46. The van der Waals surface area contributed by atoms with Crippen LogP contribution in [0.5, 0.6) is 0 Å². The molecule has 1 aliphatic heterocycles. The summed E-state index contributed by atoms with van der Waals surface area (Å²) in [5.74, 6) is -5.98. The first-order valence-electron chi connectivity index (χ1n) is 6.95. The number of rotatable bonds is 7. The second-order valence-electron chi connectivity index (χ2n) is 5.40. The lowest BCUT2D eigenvalue weighted by molar-refractivity contribution is -0.334. The lowest BCUT2D eigenvalue weighted by Crippen LogP contribution is -2.76. The molecular weight excluding hydrogens is 330 g/mol. The van der Waals surface area contributed by atoms with E-state index in [9.17, 15) is 29.7 Å². The van der Waals surface area contributed by atoms with Crippen molar-refractivity contribution in [3.8, 4) is 0 Å². The molecule has 1 aliphatic rings. The van der Waals surface area contributed by atoms with Gasteiger partial charge in [0.25, 0.3) is 0 Å². The van der Waals surface area contributed by atoms with Crippen LogP contribution in [0.2, 0.25) is 0 Å². The van der Waals surface area contributed by atoms with Gasteiger partial charge in [-0.1, -0.05) is 0 Å². The second-order valence-corrected chi connectivity index (χ2v) is 5.40. The number of carbonyl (C=O) groups is 3. The number of nitrogens with one attached hydrogen (secondary N) is 2. The molecule has 12 heteroatoms. The third kappa shape index (κ3) is 4.59. The van der Waals surface area contributed by atoms with Crippen LogP contribution >= 0.6 is 0 Å². The van der Waals surface area contributed by atoms with Gasteiger partial charge in [-0.05, 0) is 0 Å². The monoisotopic (exact) mass is 351 g/mol. The quantitative estimate of drug-likeness (QED) is 0.205. The molecule has 12 nitrogen and oxygen atoms in total. The normalized spacial score (nSPS) is 34.4. The number of carboxylic acids is 1. The van der Waals surface area contributed by atoms with Crippen LogP contribution in [0.25, 0.3) is 0 Å². The fourth-order valence-corrected chi connectivity index (χ4v) is 2.34. The topological polar surface area (TPSA) is 212 Å². The van der Waals surface area contributed by atoms with Crippen molar-refractivity contribution in [2.45, 2.75) is 49.7 Å². The molecule has 138 valence electrons. The van der Waals surface area contributed by atoms with E-state index in [0.29, 0.717) is 0 Å². The molecular formula is C12H21N3O9. The van der Waals surface area contributed by atoms with Crippen LogP contribution in [0, 0.1) is 0 Å². The SMILES string of the molecule is CC(=O)N[C@@H]1[C@@H](O)[C@H](O)[C@@H](CO)OC1(O)N[C@@H](CC(N)=O)C(=O)O. The summed E-state index contributed by atoms with van der Waals surface area (Å²) < 4.78 is 5.04. The van der Waals surface area contributed by atoms with E-state index in [1.54, 1.807) is 0 Å². The zero-order valence-corrected chi connectivity index (χ0v) is 12.7. The number of aliphatic carboxylic acids is 1. The highest BCUT2D eigenvalue weighted by atomic mass is 16.7. The molecule has 0 aromatic carbocycles. The van der Waals surface area contributed by atoms with E-state index in [0.717, 1.165) is 6.92 Å². The summed E-state index contributed by atoms with van der Waals surface area (Å²) in [5, 5.41) is 52.9. The zero-order valence-electron chi connectivity index (χ0n) is 12.7. The molecule has 0 aromatic rings. The number of carbonyl (C=O) groups excluding carboxylic acids is 2. The van der Waals surface area contributed by atoms with Crippen molar-refractivity contribution in [2.75, 3.05) is 6.61 Å². The van der Waals surface area contributed by atoms with Gasteiger partial charge >= 0.3 is 5.97 Å². The Morgan fingerprint density at radius 2 is 1.88 bits per heavy atom. The largest absolute Gasteiger partial charge is 0.480 e. The molecule has 1 rings (SSSR count). The Kier molecular flexibility index (Phi) is 6.59. The van der Waals surface area contributed by atoms with Gasteiger partial charge in [-0.15, -0.1) is 0 Å². The van der Waals surface area contributed by atoms with Gasteiger partial charge in [-0.2, -0.15) is 0 Å². The maximum absolute atomic E-state index is 11.3. The van der Waals surface area contributed by atoms with Crippen molar-refractivity contribution in [3.05, 3.63) is 0 Å². The van der Waals surface area contributed by atoms with Crippen LogP contribution in [-0.4, -0.2) is 86.2 Å². The van der Waals surface area contributed by atoms with Gasteiger partial charge in [-0.3, -0.25) is 19.7 Å². The zero-order chi connectivity index (χ0) is 18.7. The van der Waals surface area contributed by atoms with E-state index in [4.69, 9.17) is 20.7 Å². The molecule has 0 radical (unpaired) electrons. The minimum absolute atomic E-state index is 0.723. The van der Waals surface area contributed by atoms with Crippen LogP contribution in [0.4, 0.5) is 0 Å². The van der Waals surface area contributed by atoms with Crippen LogP contribution in [0.1, 0.15) is 13.3 Å². The average molecular weight is 351 g/mol. The molecule has 9 N–H and O–H groups in total. The molecule has 0 bridgehead atoms. The second kappa shape index (κ2) is 7.83. The maximum Gasteiger partial charge on any atom is 0.321 e. The lowest BCUT2D eigenvalue weighted by Gasteiger charge is -2.48. The predicted octanol–water partition coefficient (Wildman–Crippen LogP) is -4.83. The van der Waals surface area contributed by atoms with E-state index in [-0.39, 0.29) is 0 Å². The van der Waals surface area contributed by atoms with E-state index >= 15 is 0 Å². The van der Waals surface area contributed by atoms with Crippen LogP contribution < -0.4 is 16.4 Å². The summed E-state index contributed by atoms with van der Waals surface area (Å²) in [6, 6.07) is -3.41. The fourth-order valence-electron chi connectivity index (χ4n) is 2.34. The number of aliphatic hydroxyl groups is 4. The lowest BCUT2D eigenvalue weighted by atomic mass is 9.93. The third-order valence-electron chi connectivity index (χ3n) is 3.45. The van der Waals surface area contributed by atoms with Gasteiger partial charge < -0.3 is 41.3 Å². The highest BCUT2D eigenvalue weighted by Crippen LogP contribution is 2.27. The number of carboxylic acid groups (broad SMARTS) is 1. The van der Waals surface area contributed by atoms with Gasteiger partial charge in [-0.25, -0.2) is 0 Å². The number of hydrogen-bond acceptors (Lipinski definition) is 9. The Labute approximate surface area is 136 Å². The Hall–Kier alpha value is -1.83. The van der Waals surface area contributed by atoms with Gasteiger partial charge in [0.15, 0.2) is 0 Å². The summed E-state index contributed by atoms with van der Waals surface area (Å²) in [7, 11) is 0. The molecule has 0 saturated carbocycles. The smallest absolute Gasteiger partial charge is 0.321 e. The minimum Gasteiger partial charge on any atom is -0.480 e. The first kappa shape index (κ1) is 20.2. The highest BCUT2D eigenvalue weighted by Gasteiger charge is 2.55. The van der Waals surface area contributed by atoms with Gasteiger partial charge in [0.2, 0.25) is 17.7 Å². The molecule has 0 aromatic heterocycles. The molecule has 1 fully saturated rings. The first-order valence-corrected chi connectivity index (χ1v) is 6.95. The molecule has 0 aliphatic carbocycles. The minimum atomic E-state index is -2.70. The molecule has 6 atom stereocenters. The van der Waals surface area contributed by atoms with Crippen molar-refractivity contribution < 1.29 is 44.7 Å². The number of aliphatic hydroxyl groups excluding tert-OH is 3. The number of nitrogens with two attached hydrogens (primary N) is 1. The van der Waals surface area contributed by atoms with Crippen molar-refractivity contribution in [1.29, 1.82) is 0 Å². The third-order valence-corrected chi connectivity index (χ3v) is 3.45. The number of amides is 2. The molecule has 24 heavy (non-hydrogen) atoms.